The Labute approximate surface area is 167 Å². The van der Waals surface area contributed by atoms with E-state index in [1.807, 2.05) is 26.0 Å². The van der Waals surface area contributed by atoms with E-state index in [1.54, 1.807) is 7.11 Å². The van der Waals surface area contributed by atoms with Gasteiger partial charge in [0, 0.05) is 24.8 Å². The number of ether oxygens (including phenoxy) is 2. The van der Waals surface area contributed by atoms with E-state index in [-0.39, 0.29) is 30.3 Å². The number of methoxy groups -OCH3 is 1. The quantitative estimate of drug-likeness (QED) is 0.783. The van der Waals surface area contributed by atoms with Crippen molar-refractivity contribution in [2.45, 2.75) is 69.9 Å². The summed E-state index contributed by atoms with van der Waals surface area (Å²) >= 11 is 0. The molecular formula is C23H31NO4. The summed E-state index contributed by atoms with van der Waals surface area (Å²) in [6.07, 6.45) is 5.77. The summed E-state index contributed by atoms with van der Waals surface area (Å²) in [7, 11) is 1.67. The van der Waals surface area contributed by atoms with Crippen LogP contribution in [0.5, 0.6) is 5.75 Å². The van der Waals surface area contributed by atoms with Crippen LogP contribution >= 0.6 is 0 Å². The molecule has 5 heteroatoms. The molecule has 1 aromatic rings. The molecular weight excluding hydrogens is 354 g/mol. The van der Waals surface area contributed by atoms with Crippen molar-refractivity contribution >= 4 is 11.9 Å². The monoisotopic (exact) mass is 385 g/mol. The van der Waals surface area contributed by atoms with E-state index in [2.05, 4.69) is 17.4 Å². The van der Waals surface area contributed by atoms with Crippen LogP contribution in [0.3, 0.4) is 0 Å². The highest BCUT2D eigenvalue weighted by atomic mass is 16.6. The number of hydrogen-bond acceptors (Lipinski definition) is 4. The molecule has 1 amide bonds. The number of cyclic esters (lactones) is 1. The van der Waals surface area contributed by atoms with E-state index in [1.165, 1.54) is 31.2 Å². The minimum Gasteiger partial charge on any atom is -0.497 e. The molecule has 2 saturated carbocycles. The number of carbonyl (C=O) groups excluding carboxylic acids is 2. The van der Waals surface area contributed by atoms with Gasteiger partial charge in [0.05, 0.1) is 13.0 Å². The van der Waals surface area contributed by atoms with E-state index < -0.39 is 5.60 Å². The lowest BCUT2D eigenvalue weighted by Gasteiger charge is -2.55. The van der Waals surface area contributed by atoms with Crippen molar-refractivity contribution in [1.29, 1.82) is 0 Å². The Kier molecular flexibility index (Phi) is 5.11. The lowest BCUT2D eigenvalue weighted by molar-refractivity contribution is -0.149. The van der Waals surface area contributed by atoms with Gasteiger partial charge in [-0.3, -0.25) is 9.59 Å². The molecule has 0 spiro atoms. The first-order valence-electron chi connectivity index (χ1n) is 10.5. The maximum Gasteiger partial charge on any atom is 0.310 e. The highest BCUT2D eigenvalue weighted by Crippen LogP contribution is 2.54. The standard InChI is InChI=1S/C23H31NO4/c1-23(2)13-15(22(26)28-23)12-19(25)24-21-18-7-5-4-6-17(18)20(21)14-8-10-16(27-3)11-9-14/h8-11,15,17-18,20-21H,4-7,12-13H2,1-3H3,(H,24,25)/t15-,17-,18-,20+,21+/m1/s1. The van der Waals surface area contributed by atoms with Crippen molar-refractivity contribution in [3.8, 4) is 5.75 Å². The van der Waals surface area contributed by atoms with Gasteiger partial charge in [-0.1, -0.05) is 25.0 Å². The fraction of sp³-hybridized carbons (Fsp3) is 0.652. The fourth-order valence-electron chi connectivity index (χ4n) is 5.64. The van der Waals surface area contributed by atoms with E-state index in [4.69, 9.17) is 9.47 Å². The molecule has 28 heavy (non-hydrogen) atoms. The molecule has 1 aromatic carbocycles. The average Bonchev–Trinajstić information content (AvgIpc) is 2.92. The van der Waals surface area contributed by atoms with Crippen molar-refractivity contribution in [2.24, 2.45) is 17.8 Å². The van der Waals surface area contributed by atoms with Crippen LogP contribution < -0.4 is 10.1 Å². The first-order chi connectivity index (χ1) is 13.4. The van der Waals surface area contributed by atoms with Crippen LogP contribution in [0.25, 0.3) is 0 Å². The summed E-state index contributed by atoms with van der Waals surface area (Å²) in [6.45, 7) is 3.81. The molecule has 1 N–H and O–H groups in total. The molecule has 0 radical (unpaired) electrons. The SMILES string of the molecule is COc1ccc([C@H]2[C@@H]3CCCC[C@H]3[C@@H]2NC(=O)C[C@@H]2CC(C)(C)OC2=O)cc1. The molecule has 3 aliphatic rings. The largest absolute Gasteiger partial charge is 0.497 e. The first-order valence-corrected chi connectivity index (χ1v) is 10.5. The second-order valence-electron chi connectivity index (χ2n) is 9.29. The Bertz CT molecular complexity index is 741. The zero-order valence-corrected chi connectivity index (χ0v) is 17.1. The van der Waals surface area contributed by atoms with Gasteiger partial charge in [-0.05, 0) is 56.2 Å². The maximum atomic E-state index is 12.8. The van der Waals surface area contributed by atoms with Crippen molar-refractivity contribution in [3.63, 3.8) is 0 Å². The van der Waals surface area contributed by atoms with Gasteiger partial charge in [0.2, 0.25) is 5.91 Å². The predicted molar refractivity (Wildman–Crippen MR) is 106 cm³/mol. The molecule has 5 nitrogen and oxygen atoms in total. The normalized spacial score (nSPS) is 33.4. The minimum absolute atomic E-state index is 0.0211. The van der Waals surface area contributed by atoms with Gasteiger partial charge in [0.1, 0.15) is 11.4 Å². The van der Waals surface area contributed by atoms with Crippen molar-refractivity contribution < 1.29 is 19.1 Å². The summed E-state index contributed by atoms with van der Waals surface area (Å²) < 4.78 is 10.7. The van der Waals surface area contributed by atoms with Crippen LogP contribution in [0.1, 0.15) is 63.9 Å². The predicted octanol–water partition coefficient (Wildman–Crippen LogP) is 3.82. The van der Waals surface area contributed by atoms with Crippen LogP contribution in [-0.2, 0) is 14.3 Å². The molecule has 0 unspecified atom stereocenters. The van der Waals surface area contributed by atoms with Crippen LogP contribution in [-0.4, -0.2) is 30.6 Å². The van der Waals surface area contributed by atoms with Crippen LogP contribution in [0.4, 0.5) is 0 Å². The van der Waals surface area contributed by atoms with Gasteiger partial charge in [-0.2, -0.15) is 0 Å². The smallest absolute Gasteiger partial charge is 0.310 e. The van der Waals surface area contributed by atoms with Crippen molar-refractivity contribution in [1.82, 2.24) is 5.32 Å². The number of benzene rings is 1. The number of hydrogen-bond donors (Lipinski definition) is 1. The Morgan fingerprint density at radius 1 is 1.18 bits per heavy atom. The number of rotatable bonds is 5. The van der Waals surface area contributed by atoms with Crippen molar-refractivity contribution in [2.75, 3.05) is 7.11 Å². The Balaban J connectivity index is 1.45. The fourth-order valence-corrected chi connectivity index (χ4v) is 5.64. The second-order valence-corrected chi connectivity index (χ2v) is 9.29. The summed E-state index contributed by atoms with van der Waals surface area (Å²) in [4.78, 5) is 24.8. The molecule has 1 saturated heterocycles. The van der Waals surface area contributed by atoms with Gasteiger partial charge >= 0.3 is 5.97 Å². The van der Waals surface area contributed by atoms with Gasteiger partial charge in [-0.15, -0.1) is 0 Å². The van der Waals surface area contributed by atoms with E-state index >= 15 is 0 Å². The summed E-state index contributed by atoms with van der Waals surface area (Å²) in [5, 5.41) is 3.29. The van der Waals surface area contributed by atoms with E-state index in [9.17, 15) is 9.59 Å². The topological polar surface area (TPSA) is 64.6 Å². The van der Waals surface area contributed by atoms with Crippen LogP contribution in [0.2, 0.25) is 0 Å². The third kappa shape index (κ3) is 3.63. The summed E-state index contributed by atoms with van der Waals surface area (Å²) in [5.41, 5.74) is 0.814. The number of carbonyl (C=O) groups is 2. The summed E-state index contributed by atoms with van der Waals surface area (Å²) in [6, 6.07) is 8.42. The zero-order chi connectivity index (χ0) is 19.9. The molecule has 1 aliphatic heterocycles. The van der Waals surface area contributed by atoms with E-state index in [0.29, 0.717) is 24.2 Å². The number of amides is 1. The highest BCUT2D eigenvalue weighted by molar-refractivity contribution is 5.84. The molecule has 3 fully saturated rings. The first kappa shape index (κ1) is 19.3. The molecule has 4 rings (SSSR count). The molecule has 5 atom stereocenters. The lowest BCUT2D eigenvalue weighted by atomic mass is 9.53. The molecule has 0 bridgehead atoms. The Morgan fingerprint density at radius 3 is 2.46 bits per heavy atom. The van der Waals surface area contributed by atoms with E-state index in [0.717, 1.165) is 5.75 Å². The highest BCUT2D eigenvalue weighted by Gasteiger charge is 2.52. The number of fused-ring (bicyclic) bond motifs is 1. The van der Waals surface area contributed by atoms with Gasteiger partial charge in [0.25, 0.3) is 0 Å². The third-order valence-corrected chi connectivity index (χ3v) is 6.89. The second kappa shape index (κ2) is 7.41. The zero-order valence-electron chi connectivity index (χ0n) is 17.1. The number of nitrogens with one attached hydrogen (secondary N) is 1. The third-order valence-electron chi connectivity index (χ3n) is 6.89. The van der Waals surface area contributed by atoms with Gasteiger partial charge in [-0.25, -0.2) is 0 Å². The molecule has 2 aliphatic carbocycles. The van der Waals surface area contributed by atoms with Gasteiger partial charge in [0.15, 0.2) is 0 Å². The molecule has 152 valence electrons. The minimum atomic E-state index is -0.460. The Morgan fingerprint density at radius 2 is 1.86 bits per heavy atom. The van der Waals surface area contributed by atoms with Gasteiger partial charge < -0.3 is 14.8 Å². The summed E-state index contributed by atoms with van der Waals surface area (Å²) in [5.74, 6) is 1.82. The Hall–Kier alpha value is -2.04. The lowest BCUT2D eigenvalue weighted by Crippen LogP contribution is -2.59. The van der Waals surface area contributed by atoms with Crippen LogP contribution in [0, 0.1) is 17.8 Å². The van der Waals surface area contributed by atoms with Crippen molar-refractivity contribution in [3.05, 3.63) is 29.8 Å². The number of esters is 1. The molecule has 0 aromatic heterocycles. The van der Waals surface area contributed by atoms with Crippen LogP contribution in [0.15, 0.2) is 24.3 Å². The maximum absolute atomic E-state index is 12.8. The molecule has 1 heterocycles. The average molecular weight is 386 g/mol.